The van der Waals surface area contributed by atoms with Crippen molar-refractivity contribution in [1.82, 2.24) is 24.3 Å². The van der Waals surface area contributed by atoms with Gasteiger partial charge in [-0.3, -0.25) is 9.20 Å². The van der Waals surface area contributed by atoms with Gasteiger partial charge in [0, 0.05) is 43.1 Å². The molecule has 6 rings (SSSR count). The van der Waals surface area contributed by atoms with E-state index in [1.807, 2.05) is 34.7 Å². The van der Waals surface area contributed by atoms with Gasteiger partial charge in [0.05, 0.1) is 30.1 Å². The number of likely N-dealkylation sites (tertiary alicyclic amines) is 1. The zero-order valence-corrected chi connectivity index (χ0v) is 25.9. The molecule has 3 N–H and O–H groups in total. The third-order valence-corrected chi connectivity index (χ3v) is 8.22. The largest absolute Gasteiger partial charge is 0.445 e. The summed E-state index contributed by atoms with van der Waals surface area (Å²) in [6, 6.07) is 17.3. The van der Waals surface area contributed by atoms with Crippen molar-refractivity contribution in [3.63, 3.8) is 0 Å². The quantitative estimate of drug-likeness (QED) is 0.202. The molecule has 0 bridgehead atoms. The summed E-state index contributed by atoms with van der Waals surface area (Å²) < 4.78 is 52.1. The maximum absolute atomic E-state index is 13.3. The van der Waals surface area contributed by atoms with Crippen LogP contribution in [0.3, 0.4) is 0 Å². The van der Waals surface area contributed by atoms with E-state index < -0.39 is 23.7 Å². The number of ether oxygens (including phenoxy) is 2. The number of amides is 2. The summed E-state index contributed by atoms with van der Waals surface area (Å²) in [5.41, 5.74) is 8.30. The number of rotatable bonds is 8. The first-order valence-corrected chi connectivity index (χ1v) is 15.2. The number of anilines is 2. The Balaban J connectivity index is 1.20. The summed E-state index contributed by atoms with van der Waals surface area (Å²) >= 11 is 0. The van der Waals surface area contributed by atoms with E-state index in [4.69, 9.17) is 15.2 Å². The van der Waals surface area contributed by atoms with Crippen molar-refractivity contribution in [2.75, 3.05) is 31.3 Å². The fraction of sp³-hybridized carbons (Fsp3) is 0.265. The highest BCUT2D eigenvalue weighted by Gasteiger charge is 2.35. The number of benzene rings is 2. The molecule has 0 saturated carbocycles. The summed E-state index contributed by atoms with van der Waals surface area (Å²) in [6.07, 6.45) is 0.871. The molecular weight excluding hydrogens is 627 g/mol. The molecular formula is C34H32F3N7O4. The van der Waals surface area contributed by atoms with E-state index in [9.17, 15) is 22.8 Å². The molecule has 1 aliphatic rings. The SMILES string of the molecule is COC[C@@H]1CC[C@@H](c2ncc3c(N)nc(-c4ccc(C(=O)Nc5cc(C(F)(F)F)ccn5)cc4)cn23)CN1C(=O)OCc1ccccc1. The van der Waals surface area contributed by atoms with E-state index in [2.05, 4.69) is 20.3 Å². The van der Waals surface area contributed by atoms with Gasteiger partial charge in [-0.1, -0.05) is 42.5 Å². The lowest BCUT2D eigenvalue weighted by Gasteiger charge is -2.38. The van der Waals surface area contributed by atoms with Crippen molar-refractivity contribution >= 4 is 29.2 Å². The van der Waals surface area contributed by atoms with Crippen LogP contribution in [-0.4, -0.2) is 62.6 Å². The number of fused-ring (bicyclic) bond motifs is 1. The number of pyridine rings is 1. The topological polar surface area (TPSA) is 137 Å². The van der Waals surface area contributed by atoms with Crippen molar-refractivity contribution < 1.29 is 32.2 Å². The smallest absolute Gasteiger partial charge is 0.416 e. The van der Waals surface area contributed by atoms with Crippen LogP contribution < -0.4 is 11.1 Å². The molecule has 0 aliphatic carbocycles. The first-order valence-electron chi connectivity index (χ1n) is 15.2. The van der Waals surface area contributed by atoms with Crippen molar-refractivity contribution in [2.24, 2.45) is 0 Å². The fourth-order valence-corrected chi connectivity index (χ4v) is 5.77. The number of nitrogen functional groups attached to an aromatic ring is 1. The predicted octanol–water partition coefficient (Wildman–Crippen LogP) is 6.18. The maximum atomic E-state index is 13.3. The number of carbonyl (C=O) groups excluding carboxylic acids is 2. The Morgan fingerprint density at radius 2 is 1.81 bits per heavy atom. The predicted molar refractivity (Wildman–Crippen MR) is 171 cm³/mol. The van der Waals surface area contributed by atoms with Gasteiger partial charge >= 0.3 is 12.3 Å². The number of carbonyl (C=O) groups is 2. The number of hydrogen-bond donors (Lipinski definition) is 2. The van der Waals surface area contributed by atoms with Crippen molar-refractivity contribution in [3.8, 4) is 11.3 Å². The van der Waals surface area contributed by atoms with Gasteiger partial charge in [-0.15, -0.1) is 0 Å². The fourth-order valence-electron chi connectivity index (χ4n) is 5.77. The van der Waals surface area contributed by atoms with Crippen LogP contribution in [0.5, 0.6) is 0 Å². The average Bonchev–Trinajstić information content (AvgIpc) is 3.52. The van der Waals surface area contributed by atoms with E-state index in [0.717, 1.165) is 30.3 Å². The second-order valence-electron chi connectivity index (χ2n) is 11.4. The number of aromatic nitrogens is 4. The van der Waals surface area contributed by atoms with Crippen molar-refractivity contribution in [2.45, 2.75) is 37.6 Å². The van der Waals surface area contributed by atoms with Crippen molar-refractivity contribution in [1.29, 1.82) is 0 Å². The second-order valence-corrected chi connectivity index (χ2v) is 11.4. The Morgan fingerprint density at radius 1 is 1.04 bits per heavy atom. The van der Waals surface area contributed by atoms with Crippen LogP contribution in [0.15, 0.2) is 85.3 Å². The van der Waals surface area contributed by atoms with Crippen LogP contribution in [0.1, 0.15) is 46.1 Å². The first kappa shape index (κ1) is 32.4. The Labute approximate surface area is 273 Å². The third-order valence-electron chi connectivity index (χ3n) is 8.22. The summed E-state index contributed by atoms with van der Waals surface area (Å²) in [5, 5.41) is 2.40. The minimum Gasteiger partial charge on any atom is -0.445 e. The Morgan fingerprint density at radius 3 is 2.54 bits per heavy atom. The van der Waals surface area contributed by atoms with Gasteiger partial charge < -0.3 is 25.4 Å². The molecule has 4 heterocycles. The zero-order valence-electron chi connectivity index (χ0n) is 25.9. The van der Waals surface area contributed by atoms with Gasteiger partial charge in [0.25, 0.3) is 5.91 Å². The molecule has 1 fully saturated rings. The molecule has 2 amide bonds. The van der Waals surface area contributed by atoms with Gasteiger partial charge in [0.2, 0.25) is 0 Å². The second kappa shape index (κ2) is 13.7. The molecule has 1 aliphatic heterocycles. The Hall–Kier alpha value is -5.50. The zero-order chi connectivity index (χ0) is 33.8. The molecule has 0 spiro atoms. The van der Waals surface area contributed by atoms with Crippen LogP contribution in [0.25, 0.3) is 16.8 Å². The molecule has 2 atom stereocenters. The molecule has 3 aromatic heterocycles. The highest BCUT2D eigenvalue weighted by molar-refractivity contribution is 6.04. The Bertz CT molecular complexity index is 1920. The van der Waals surface area contributed by atoms with Crippen LogP contribution in [0, 0.1) is 0 Å². The monoisotopic (exact) mass is 659 g/mol. The molecule has 248 valence electrons. The summed E-state index contributed by atoms with van der Waals surface area (Å²) in [5.74, 6) is -0.0116. The molecule has 2 aromatic carbocycles. The molecule has 0 radical (unpaired) electrons. The number of nitrogens with zero attached hydrogens (tertiary/aromatic N) is 5. The van der Waals surface area contributed by atoms with Crippen molar-refractivity contribution in [3.05, 3.63) is 108 Å². The van der Waals surface area contributed by atoms with E-state index in [1.54, 1.807) is 36.5 Å². The van der Waals surface area contributed by atoms with E-state index in [-0.39, 0.29) is 35.8 Å². The number of halogens is 3. The van der Waals surface area contributed by atoms with E-state index in [0.29, 0.717) is 42.2 Å². The first-order chi connectivity index (χ1) is 23.1. The van der Waals surface area contributed by atoms with Gasteiger partial charge in [-0.2, -0.15) is 13.2 Å². The standard InChI is InChI=1S/C34H32F3N7O4/c1-47-20-26-12-11-24(17-43(26)33(46)48-19-21-5-3-2-4-6-21)31-40-16-28-30(38)41-27(18-44(28)31)22-7-9-23(10-8-22)32(45)42-29-15-25(13-14-39-29)34(35,36)37/h2-10,13-16,18,24,26H,11-12,17,19-20H2,1H3,(H2,38,41)(H,39,42,45)/t24-,26+/m1/s1. The average molecular weight is 660 g/mol. The highest BCUT2D eigenvalue weighted by atomic mass is 19.4. The lowest BCUT2D eigenvalue weighted by atomic mass is 9.92. The number of hydrogen-bond acceptors (Lipinski definition) is 8. The number of nitrogens with one attached hydrogen (secondary N) is 1. The lowest BCUT2D eigenvalue weighted by Crippen LogP contribution is -2.48. The van der Waals surface area contributed by atoms with Crippen LogP contribution in [-0.2, 0) is 22.3 Å². The lowest BCUT2D eigenvalue weighted by molar-refractivity contribution is -0.137. The normalized spacial score (nSPS) is 16.5. The molecule has 1 saturated heterocycles. The molecule has 48 heavy (non-hydrogen) atoms. The van der Waals surface area contributed by atoms with Crippen LogP contribution in [0.2, 0.25) is 0 Å². The Kier molecular flexibility index (Phi) is 9.26. The van der Waals surface area contributed by atoms with Gasteiger partial charge in [-0.05, 0) is 42.7 Å². The molecule has 0 unspecified atom stereocenters. The summed E-state index contributed by atoms with van der Waals surface area (Å²) in [6.45, 7) is 0.894. The highest BCUT2D eigenvalue weighted by Crippen LogP contribution is 2.33. The molecule has 5 aromatic rings. The number of imidazole rings is 1. The maximum Gasteiger partial charge on any atom is 0.416 e. The van der Waals surface area contributed by atoms with Crippen LogP contribution in [0.4, 0.5) is 29.6 Å². The number of alkyl halides is 3. The minimum absolute atomic E-state index is 0.130. The van der Waals surface area contributed by atoms with E-state index in [1.165, 1.54) is 12.1 Å². The number of methoxy groups -OCH3 is 1. The summed E-state index contributed by atoms with van der Waals surface area (Å²) in [7, 11) is 1.60. The summed E-state index contributed by atoms with van der Waals surface area (Å²) in [4.78, 5) is 40.8. The van der Waals surface area contributed by atoms with Gasteiger partial charge in [0.15, 0.2) is 0 Å². The van der Waals surface area contributed by atoms with E-state index >= 15 is 0 Å². The molecule has 11 nitrogen and oxygen atoms in total. The van der Waals surface area contributed by atoms with Gasteiger partial charge in [-0.25, -0.2) is 19.7 Å². The van der Waals surface area contributed by atoms with Gasteiger partial charge in [0.1, 0.15) is 29.6 Å². The number of piperidine rings is 1. The number of nitrogens with two attached hydrogens (primary N) is 1. The van der Waals surface area contributed by atoms with Crippen LogP contribution >= 0.6 is 0 Å². The minimum atomic E-state index is -4.56. The third kappa shape index (κ3) is 7.08. The molecule has 14 heteroatoms.